The highest BCUT2D eigenvalue weighted by molar-refractivity contribution is 5.59. The first-order valence-electron chi connectivity index (χ1n) is 6.76. The van der Waals surface area contributed by atoms with Crippen molar-refractivity contribution in [1.29, 1.82) is 0 Å². The number of aromatic amines is 1. The fourth-order valence-electron chi connectivity index (χ4n) is 2.43. The van der Waals surface area contributed by atoms with E-state index >= 15 is 0 Å². The summed E-state index contributed by atoms with van der Waals surface area (Å²) in [7, 11) is 0. The summed E-state index contributed by atoms with van der Waals surface area (Å²) in [6, 6.07) is 12.1. The molecule has 0 radical (unpaired) electrons. The van der Waals surface area contributed by atoms with Crippen molar-refractivity contribution in [3.05, 3.63) is 36.4 Å². The Morgan fingerprint density at radius 1 is 1.16 bits per heavy atom. The van der Waals surface area contributed by atoms with E-state index in [1.54, 1.807) is 0 Å². The van der Waals surface area contributed by atoms with Gasteiger partial charge in [0.15, 0.2) is 0 Å². The minimum Gasteiger partial charge on any atom is -0.470 e. The summed E-state index contributed by atoms with van der Waals surface area (Å²) in [6.07, 6.45) is 2.03. The molecule has 1 aromatic heterocycles. The number of hydrogen-bond acceptors (Lipinski definition) is 3. The van der Waals surface area contributed by atoms with Gasteiger partial charge in [-0.2, -0.15) is 0 Å². The van der Waals surface area contributed by atoms with Crippen LogP contribution in [0.4, 0.5) is 0 Å². The number of nitrogens with zero attached hydrogens (tertiary/aromatic N) is 1. The minimum absolute atomic E-state index is 0.103. The normalized spacial score (nSPS) is 18.2. The molecule has 0 amide bonds. The van der Waals surface area contributed by atoms with Gasteiger partial charge in [0, 0.05) is 6.07 Å². The lowest BCUT2D eigenvalue weighted by Crippen LogP contribution is -2.43. The predicted octanol–water partition coefficient (Wildman–Crippen LogP) is 2.60. The summed E-state index contributed by atoms with van der Waals surface area (Å²) in [6.45, 7) is 4.17. The van der Waals surface area contributed by atoms with Gasteiger partial charge in [0.25, 0.3) is 0 Å². The average Bonchev–Trinajstić information content (AvgIpc) is 2.88. The van der Waals surface area contributed by atoms with E-state index in [4.69, 9.17) is 4.74 Å². The maximum atomic E-state index is 6.06. The molecular formula is C15H19N3O. The zero-order chi connectivity index (χ0) is 13.1. The summed E-state index contributed by atoms with van der Waals surface area (Å²) in [5.41, 5.74) is 2.02. The van der Waals surface area contributed by atoms with Crippen LogP contribution in [0.25, 0.3) is 11.3 Å². The molecule has 0 atom stereocenters. The van der Waals surface area contributed by atoms with Crippen LogP contribution in [0.1, 0.15) is 19.8 Å². The van der Waals surface area contributed by atoms with Gasteiger partial charge in [-0.15, -0.1) is 5.10 Å². The molecular weight excluding hydrogens is 238 g/mol. The van der Waals surface area contributed by atoms with Gasteiger partial charge in [0.1, 0.15) is 5.60 Å². The Labute approximate surface area is 113 Å². The second-order valence-corrected chi connectivity index (χ2v) is 5.29. The zero-order valence-corrected chi connectivity index (χ0v) is 11.1. The smallest absolute Gasteiger partial charge is 0.233 e. The van der Waals surface area contributed by atoms with Crippen LogP contribution >= 0.6 is 0 Å². The van der Waals surface area contributed by atoms with Crippen molar-refractivity contribution in [3.63, 3.8) is 0 Å². The second kappa shape index (κ2) is 5.05. The molecule has 0 bridgehead atoms. The van der Waals surface area contributed by atoms with E-state index in [2.05, 4.69) is 34.6 Å². The molecule has 1 aromatic carbocycles. The lowest BCUT2D eigenvalue weighted by Gasteiger charge is -2.33. The summed E-state index contributed by atoms with van der Waals surface area (Å²) in [5, 5.41) is 10.7. The number of H-pyrrole nitrogens is 1. The van der Waals surface area contributed by atoms with E-state index in [1.807, 2.05) is 24.3 Å². The van der Waals surface area contributed by atoms with E-state index in [-0.39, 0.29) is 5.60 Å². The molecule has 1 fully saturated rings. The third-order valence-corrected chi connectivity index (χ3v) is 3.65. The number of piperidine rings is 1. The molecule has 19 heavy (non-hydrogen) atoms. The summed E-state index contributed by atoms with van der Waals surface area (Å²) >= 11 is 0. The van der Waals surface area contributed by atoms with Crippen molar-refractivity contribution >= 4 is 0 Å². The van der Waals surface area contributed by atoms with Crippen LogP contribution in [-0.4, -0.2) is 28.9 Å². The van der Waals surface area contributed by atoms with E-state index in [1.165, 1.54) is 0 Å². The van der Waals surface area contributed by atoms with Crippen LogP contribution < -0.4 is 10.1 Å². The standard InChI is InChI=1S/C15H19N3O/c1-15(7-9-16-10-8-15)19-14-11-13(17-18-14)12-5-3-2-4-6-12/h2-6,11,16H,7-10H2,1H3,(H,17,18). The number of nitrogens with one attached hydrogen (secondary N) is 2. The van der Waals surface area contributed by atoms with Crippen LogP contribution in [0.15, 0.2) is 36.4 Å². The third-order valence-electron chi connectivity index (χ3n) is 3.65. The Kier molecular flexibility index (Phi) is 3.25. The SMILES string of the molecule is CC1(Oc2cc(-c3ccccc3)[nH]n2)CCNCC1. The average molecular weight is 257 g/mol. The zero-order valence-electron chi connectivity index (χ0n) is 11.1. The Balaban J connectivity index is 1.75. The van der Waals surface area contributed by atoms with Gasteiger partial charge >= 0.3 is 0 Å². The first-order valence-corrected chi connectivity index (χ1v) is 6.76. The van der Waals surface area contributed by atoms with Gasteiger partial charge in [-0.3, -0.25) is 5.10 Å². The molecule has 0 aliphatic carbocycles. The predicted molar refractivity (Wildman–Crippen MR) is 75.2 cm³/mol. The molecule has 2 heterocycles. The van der Waals surface area contributed by atoms with Crippen molar-refractivity contribution in [2.75, 3.05) is 13.1 Å². The molecule has 1 aliphatic rings. The maximum absolute atomic E-state index is 6.06. The highest BCUT2D eigenvalue weighted by Gasteiger charge is 2.29. The molecule has 2 aromatic rings. The van der Waals surface area contributed by atoms with Crippen LogP contribution in [-0.2, 0) is 0 Å². The molecule has 0 spiro atoms. The summed E-state index contributed by atoms with van der Waals surface area (Å²) in [4.78, 5) is 0. The molecule has 0 unspecified atom stereocenters. The molecule has 4 nitrogen and oxygen atoms in total. The lowest BCUT2D eigenvalue weighted by atomic mass is 9.95. The van der Waals surface area contributed by atoms with Gasteiger partial charge < -0.3 is 10.1 Å². The Morgan fingerprint density at radius 2 is 1.89 bits per heavy atom. The van der Waals surface area contributed by atoms with Gasteiger partial charge in [0.05, 0.1) is 5.69 Å². The second-order valence-electron chi connectivity index (χ2n) is 5.29. The van der Waals surface area contributed by atoms with E-state index in [9.17, 15) is 0 Å². The monoisotopic (exact) mass is 257 g/mol. The van der Waals surface area contributed by atoms with E-state index in [0.717, 1.165) is 37.2 Å². The molecule has 1 saturated heterocycles. The lowest BCUT2D eigenvalue weighted by molar-refractivity contribution is 0.0508. The Bertz CT molecular complexity index is 529. The Hall–Kier alpha value is -1.81. The van der Waals surface area contributed by atoms with Crippen molar-refractivity contribution in [2.24, 2.45) is 0 Å². The van der Waals surface area contributed by atoms with E-state index in [0.29, 0.717) is 5.88 Å². The molecule has 100 valence electrons. The van der Waals surface area contributed by atoms with E-state index < -0.39 is 0 Å². The van der Waals surface area contributed by atoms with Crippen molar-refractivity contribution in [2.45, 2.75) is 25.4 Å². The molecule has 1 aliphatic heterocycles. The maximum Gasteiger partial charge on any atom is 0.233 e. The quantitative estimate of drug-likeness (QED) is 0.888. The van der Waals surface area contributed by atoms with Gasteiger partial charge in [-0.1, -0.05) is 30.3 Å². The van der Waals surface area contributed by atoms with Crippen molar-refractivity contribution in [1.82, 2.24) is 15.5 Å². The first kappa shape index (κ1) is 12.2. The molecule has 4 heteroatoms. The van der Waals surface area contributed by atoms with Gasteiger partial charge in [-0.25, -0.2) is 0 Å². The summed E-state index contributed by atoms with van der Waals surface area (Å²) in [5.74, 6) is 0.684. The van der Waals surface area contributed by atoms with Crippen LogP contribution in [0.2, 0.25) is 0 Å². The molecule has 3 rings (SSSR count). The number of hydrogen-bond donors (Lipinski definition) is 2. The van der Waals surface area contributed by atoms with Crippen molar-refractivity contribution < 1.29 is 4.74 Å². The van der Waals surface area contributed by atoms with Crippen LogP contribution in [0, 0.1) is 0 Å². The molecule has 0 saturated carbocycles. The highest BCUT2D eigenvalue weighted by atomic mass is 16.5. The van der Waals surface area contributed by atoms with Gasteiger partial charge in [0.2, 0.25) is 5.88 Å². The van der Waals surface area contributed by atoms with Crippen LogP contribution in [0.3, 0.4) is 0 Å². The number of aromatic nitrogens is 2. The van der Waals surface area contributed by atoms with Crippen molar-refractivity contribution in [3.8, 4) is 17.1 Å². The first-order chi connectivity index (χ1) is 9.25. The molecule has 2 N–H and O–H groups in total. The minimum atomic E-state index is -0.103. The van der Waals surface area contributed by atoms with Crippen LogP contribution in [0.5, 0.6) is 5.88 Å². The number of benzene rings is 1. The number of rotatable bonds is 3. The summed E-state index contributed by atoms with van der Waals surface area (Å²) < 4.78 is 6.06. The number of ether oxygens (including phenoxy) is 1. The fourth-order valence-corrected chi connectivity index (χ4v) is 2.43. The largest absolute Gasteiger partial charge is 0.470 e. The fraction of sp³-hybridized carbons (Fsp3) is 0.400. The highest BCUT2D eigenvalue weighted by Crippen LogP contribution is 2.27. The third kappa shape index (κ3) is 2.79. The Morgan fingerprint density at radius 3 is 2.63 bits per heavy atom. The topological polar surface area (TPSA) is 49.9 Å². The van der Waals surface area contributed by atoms with Gasteiger partial charge in [-0.05, 0) is 38.4 Å².